The maximum Gasteiger partial charge on any atom is 0.261 e. The summed E-state index contributed by atoms with van der Waals surface area (Å²) < 4.78 is 54.5. The fourth-order valence-electron chi connectivity index (χ4n) is 3.64. The van der Waals surface area contributed by atoms with Crippen molar-refractivity contribution in [2.45, 2.75) is 36.5 Å². The van der Waals surface area contributed by atoms with Gasteiger partial charge in [0.25, 0.3) is 10.0 Å². The van der Waals surface area contributed by atoms with Crippen LogP contribution in [-0.4, -0.2) is 37.0 Å². The second kappa shape index (κ2) is 11.0. The van der Waals surface area contributed by atoms with Gasteiger partial charge in [-0.05, 0) is 73.9 Å². The lowest BCUT2D eigenvalue weighted by Gasteiger charge is -2.12. The molecule has 4 N–H and O–H groups in total. The van der Waals surface area contributed by atoms with Crippen LogP contribution in [0, 0.1) is 6.92 Å². The average molecular weight is 566 g/mol. The molecule has 0 aliphatic heterocycles. The molecule has 202 valence electrons. The molecule has 11 nitrogen and oxygen atoms in total. The SMILES string of the molecule is Cc1cnc(Nc2ccc(S(=O)(=O)Nc3cccnc3)cc2)nc1Nc1ccc(CNS(=O)(=O)C2CC2)cc1. The summed E-state index contributed by atoms with van der Waals surface area (Å²) in [4.78, 5) is 12.9. The van der Waals surface area contributed by atoms with Crippen molar-refractivity contribution in [1.29, 1.82) is 0 Å². The van der Waals surface area contributed by atoms with Gasteiger partial charge >= 0.3 is 0 Å². The monoisotopic (exact) mass is 565 g/mol. The van der Waals surface area contributed by atoms with Gasteiger partial charge in [-0.2, -0.15) is 4.98 Å². The van der Waals surface area contributed by atoms with Crippen molar-refractivity contribution in [3.05, 3.63) is 90.4 Å². The molecular formula is C26H27N7O4S2. The van der Waals surface area contributed by atoms with Crippen LogP contribution in [0.15, 0.2) is 84.1 Å². The van der Waals surface area contributed by atoms with E-state index in [-0.39, 0.29) is 16.7 Å². The number of aryl methyl sites for hydroxylation is 1. The molecule has 0 radical (unpaired) electrons. The molecule has 0 unspecified atom stereocenters. The van der Waals surface area contributed by atoms with Gasteiger partial charge in [0, 0.05) is 35.9 Å². The number of nitrogens with zero attached hydrogens (tertiary/aromatic N) is 3. The molecule has 1 aliphatic rings. The summed E-state index contributed by atoms with van der Waals surface area (Å²) in [5, 5.41) is 6.10. The summed E-state index contributed by atoms with van der Waals surface area (Å²) in [5.74, 6) is 0.924. The number of anilines is 5. The van der Waals surface area contributed by atoms with Gasteiger partial charge in [-0.1, -0.05) is 12.1 Å². The lowest BCUT2D eigenvalue weighted by Crippen LogP contribution is -2.26. The van der Waals surface area contributed by atoms with Crippen LogP contribution in [-0.2, 0) is 26.6 Å². The molecule has 1 fully saturated rings. The zero-order valence-electron chi connectivity index (χ0n) is 21.0. The fourth-order valence-corrected chi connectivity index (χ4v) is 6.04. The Hall–Kier alpha value is -4.07. The van der Waals surface area contributed by atoms with Crippen molar-refractivity contribution in [1.82, 2.24) is 19.7 Å². The van der Waals surface area contributed by atoms with E-state index in [1.54, 1.807) is 36.7 Å². The second-order valence-corrected chi connectivity index (χ2v) is 12.8. The van der Waals surface area contributed by atoms with E-state index in [2.05, 4.69) is 35.0 Å². The predicted octanol–water partition coefficient (Wildman–Crippen LogP) is 4.05. The van der Waals surface area contributed by atoms with Crippen molar-refractivity contribution in [2.75, 3.05) is 15.4 Å². The average Bonchev–Trinajstić information content (AvgIpc) is 3.78. The molecule has 1 aliphatic carbocycles. The molecule has 2 aromatic heterocycles. The van der Waals surface area contributed by atoms with Crippen molar-refractivity contribution in [2.24, 2.45) is 0 Å². The fraction of sp³-hybridized carbons (Fsp3) is 0.192. The van der Waals surface area contributed by atoms with Gasteiger partial charge in [-0.3, -0.25) is 9.71 Å². The highest BCUT2D eigenvalue weighted by Crippen LogP contribution is 2.28. The Morgan fingerprint density at radius 3 is 2.21 bits per heavy atom. The Morgan fingerprint density at radius 2 is 1.54 bits per heavy atom. The van der Waals surface area contributed by atoms with Gasteiger partial charge in [0.2, 0.25) is 16.0 Å². The molecule has 0 atom stereocenters. The maximum absolute atomic E-state index is 12.6. The normalized spacial score (nSPS) is 13.6. The standard InChI is InChI=1S/C26H27N7O4S2/c1-18-15-28-26(31-21-8-10-24(11-9-21)39(36,37)33-22-3-2-14-27-17-22)32-25(18)30-20-6-4-19(5-7-20)16-29-38(34,35)23-12-13-23/h2-11,14-15,17,23,29,33H,12-13,16H2,1H3,(H2,28,30,31,32). The minimum atomic E-state index is -3.76. The number of rotatable bonds is 11. The molecule has 0 spiro atoms. The molecule has 0 amide bonds. The smallest absolute Gasteiger partial charge is 0.261 e. The number of nitrogens with one attached hydrogen (secondary N) is 4. The molecular weight excluding hydrogens is 538 g/mol. The largest absolute Gasteiger partial charge is 0.340 e. The number of pyridine rings is 1. The van der Waals surface area contributed by atoms with E-state index in [0.717, 1.165) is 29.7 Å². The van der Waals surface area contributed by atoms with E-state index in [0.29, 0.717) is 23.1 Å². The highest BCUT2D eigenvalue weighted by atomic mass is 32.2. The Bertz CT molecular complexity index is 1660. The molecule has 4 aromatic rings. The zero-order valence-corrected chi connectivity index (χ0v) is 22.6. The van der Waals surface area contributed by atoms with Crippen molar-refractivity contribution in [3.63, 3.8) is 0 Å². The van der Waals surface area contributed by atoms with Crippen LogP contribution < -0.4 is 20.1 Å². The van der Waals surface area contributed by atoms with E-state index in [4.69, 9.17) is 0 Å². The molecule has 0 bridgehead atoms. The molecule has 5 rings (SSSR count). The van der Waals surface area contributed by atoms with E-state index >= 15 is 0 Å². The first-order valence-electron chi connectivity index (χ1n) is 12.2. The van der Waals surface area contributed by atoms with Crippen LogP contribution in [0.3, 0.4) is 0 Å². The highest BCUT2D eigenvalue weighted by Gasteiger charge is 2.35. The molecule has 13 heteroatoms. The van der Waals surface area contributed by atoms with Crippen LogP contribution in [0.5, 0.6) is 0 Å². The molecule has 2 heterocycles. The van der Waals surface area contributed by atoms with Gasteiger partial charge < -0.3 is 10.6 Å². The maximum atomic E-state index is 12.6. The van der Waals surface area contributed by atoms with E-state index < -0.39 is 20.0 Å². The molecule has 1 saturated carbocycles. The van der Waals surface area contributed by atoms with E-state index in [9.17, 15) is 16.8 Å². The van der Waals surface area contributed by atoms with Crippen LogP contribution in [0.1, 0.15) is 24.0 Å². The Labute approximate surface area is 227 Å². The van der Waals surface area contributed by atoms with Crippen molar-refractivity contribution >= 4 is 48.9 Å². The summed E-state index contributed by atoms with van der Waals surface area (Å²) in [6, 6.07) is 16.9. The first-order valence-corrected chi connectivity index (χ1v) is 15.2. The Kier molecular flexibility index (Phi) is 7.46. The minimum absolute atomic E-state index is 0.105. The van der Waals surface area contributed by atoms with Crippen LogP contribution in [0.25, 0.3) is 0 Å². The number of hydrogen-bond donors (Lipinski definition) is 4. The number of hydrogen-bond acceptors (Lipinski definition) is 9. The molecule has 2 aromatic carbocycles. The second-order valence-electron chi connectivity index (χ2n) is 9.11. The van der Waals surface area contributed by atoms with Crippen molar-refractivity contribution in [3.8, 4) is 0 Å². The zero-order chi connectivity index (χ0) is 27.5. The predicted molar refractivity (Wildman–Crippen MR) is 150 cm³/mol. The van der Waals surface area contributed by atoms with Crippen molar-refractivity contribution < 1.29 is 16.8 Å². The summed E-state index contributed by atoms with van der Waals surface area (Å²) in [6.45, 7) is 2.13. The molecule has 0 saturated heterocycles. The first kappa shape index (κ1) is 26.5. The lowest BCUT2D eigenvalue weighted by atomic mass is 10.2. The quantitative estimate of drug-likeness (QED) is 0.211. The summed E-state index contributed by atoms with van der Waals surface area (Å²) in [5.41, 5.74) is 3.45. The third-order valence-corrected chi connectivity index (χ3v) is 9.26. The van der Waals surface area contributed by atoms with Crippen LogP contribution in [0.2, 0.25) is 0 Å². The lowest BCUT2D eigenvalue weighted by molar-refractivity contribution is 0.580. The Balaban J connectivity index is 1.22. The summed E-state index contributed by atoms with van der Waals surface area (Å²) >= 11 is 0. The van der Waals surface area contributed by atoms with Gasteiger partial charge in [-0.15, -0.1) is 0 Å². The third kappa shape index (κ3) is 6.88. The number of sulfonamides is 2. The van der Waals surface area contributed by atoms with Gasteiger partial charge in [0.05, 0.1) is 22.0 Å². The molecule has 39 heavy (non-hydrogen) atoms. The van der Waals surface area contributed by atoms with Crippen LogP contribution >= 0.6 is 0 Å². The van der Waals surface area contributed by atoms with Gasteiger partial charge in [0.1, 0.15) is 5.82 Å². The topological polar surface area (TPSA) is 155 Å². The van der Waals surface area contributed by atoms with Crippen LogP contribution in [0.4, 0.5) is 28.8 Å². The number of benzene rings is 2. The van der Waals surface area contributed by atoms with Gasteiger partial charge in [0.15, 0.2) is 0 Å². The summed E-state index contributed by atoms with van der Waals surface area (Å²) in [7, 11) is -6.99. The van der Waals surface area contributed by atoms with Gasteiger partial charge in [-0.25, -0.2) is 26.5 Å². The van der Waals surface area contributed by atoms with E-state index in [1.807, 2.05) is 31.2 Å². The first-order chi connectivity index (χ1) is 18.7. The minimum Gasteiger partial charge on any atom is -0.340 e. The summed E-state index contributed by atoms with van der Waals surface area (Å²) in [6.07, 6.45) is 6.13. The van der Waals surface area contributed by atoms with E-state index in [1.165, 1.54) is 18.3 Å². The third-order valence-electron chi connectivity index (χ3n) is 5.96. The number of aromatic nitrogens is 3. The Morgan fingerprint density at radius 1 is 0.846 bits per heavy atom. The highest BCUT2D eigenvalue weighted by molar-refractivity contribution is 7.92.